The second kappa shape index (κ2) is 6.19. The Kier molecular flexibility index (Phi) is 4.76. The topological polar surface area (TPSA) is 47.2 Å². The summed E-state index contributed by atoms with van der Waals surface area (Å²) in [6.45, 7) is 2.52. The second-order valence-corrected chi connectivity index (χ2v) is 2.80. The van der Waals surface area contributed by atoms with E-state index in [1.807, 2.05) is 16.8 Å². The molecule has 0 aliphatic heterocycles. The van der Waals surface area contributed by atoms with Crippen LogP contribution < -0.4 is 0 Å². The van der Waals surface area contributed by atoms with Crippen molar-refractivity contribution < 1.29 is 9.47 Å². The highest BCUT2D eigenvalue weighted by atomic mass is 16.5. The van der Waals surface area contributed by atoms with E-state index < -0.39 is 0 Å². The first-order valence-corrected chi connectivity index (χ1v) is 4.50. The number of nitrogens with zero attached hydrogens (tertiary/aromatic N) is 2. The van der Waals surface area contributed by atoms with Gasteiger partial charge in [-0.3, -0.25) is 0 Å². The van der Waals surface area contributed by atoms with Crippen molar-refractivity contribution in [1.82, 2.24) is 4.57 Å². The summed E-state index contributed by atoms with van der Waals surface area (Å²) in [5.74, 6) is 0. The van der Waals surface area contributed by atoms with Crippen LogP contribution in [0.25, 0.3) is 0 Å². The van der Waals surface area contributed by atoms with Crippen molar-refractivity contribution in [2.45, 2.75) is 6.54 Å². The lowest BCUT2D eigenvalue weighted by atomic mass is 10.5. The number of methoxy groups -OCH3 is 1. The number of rotatable bonds is 6. The van der Waals surface area contributed by atoms with E-state index in [0.29, 0.717) is 32.1 Å². The highest BCUT2D eigenvalue weighted by Gasteiger charge is 1.97. The van der Waals surface area contributed by atoms with Crippen molar-refractivity contribution in [3.63, 3.8) is 0 Å². The van der Waals surface area contributed by atoms with E-state index in [1.54, 1.807) is 13.2 Å². The minimum atomic E-state index is 0.597. The zero-order valence-corrected chi connectivity index (χ0v) is 8.27. The van der Waals surface area contributed by atoms with E-state index in [9.17, 15) is 0 Å². The fourth-order valence-electron chi connectivity index (χ4n) is 1.12. The molecule has 0 radical (unpaired) electrons. The van der Waals surface area contributed by atoms with Gasteiger partial charge in [-0.05, 0) is 12.1 Å². The van der Waals surface area contributed by atoms with E-state index in [2.05, 4.69) is 6.07 Å². The molecular weight excluding hydrogens is 180 g/mol. The number of nitriles is 1. The maximum absolute atomic E-state index is 8.72. The number of ether oxygens (including phenoxy) is 2. The van der Waals surface area contributed by atoms with E-state index in [0.717, 1.165) is 0 Å². The predicted octanol–water partition coefficient (Wildman–Crippen LogP) is 1.02. The summed E-state index contributed by atoms with van der Waals surface area (Å²) in [5.41, 5.74) is 0.667. The lowest BCUT2D eigenvalue weighted by Gasteiger charge is -2.05. The van der Waals surface area contributed by atoms with Gasteiger partial charge in [0.2, 0.25) is 0 Å². The van der Waals surface area contributed by atoms with Gasteiger partial charge in [0.1, 0.15) is 11.8 Å². The summed E-state index contributed by atoms with van der Waals surface area (Å²) in [5, 5.41) is 8.72. The SMILES string of the molecule is COCCOCCn1cccc1C#N. The predicted molar refractivity (Wildman–Crippen MR) is 51.8 cm³/mol. The molecule has 0 aliphatic carbocycles. The van der Waals surface area contributed by atoms with Gasteiger partial charge in [-0.15, -0.1) is 0 Å². The zero-order valence-electron chi connectivity index (χ0n) is 8.27. The molecule has 76 valence electrons. The number of hydrogen-bond donors (Lipinski definition) is 0. The lowest BCUT2D eigenvalue weighted by Crippen LogP contribution is -2.09. The summed E-state index contributed by atoms with van der Waals surface area (Å²) in [4.78, 5) is 0. The van der Waals surface area contributed by atoms with Gasteiger partial charge in [0.25, 0.3) is 0 Å². The Morgan fingerprint density at radius 2 is 2.29 bits per heavy atom. The third-order valence-electron chi connectivity index (χ3n) is 1.85. The molecule has 4 heteroatoms. The molecule has 0 fully saturated rings. The minimum Gasteiger partial charge on any atom is -0.382 e. The van der Waals surface area contributed by atoms with Crippen molar-refractivity contribution in [3.8, 4) is 6.07 Å². The maximum Gasteiger partial charge on any atom is 0.120 e. The third-order valence-corrected chi connectivity index (χ3v) is 1.85. The fraction of sp³-hybridized carbons (Fsp3) is 0.500. The summed E-state index contributed by atoms with van der Waals surface area (Å²) >= 11 is 0. The molecule has 0 unspecified atom stereocenters. The Balaban J connectivity index is 2.22. The molecule has 14 heavy (non-hydrogen) atoms. The first-order valence-electron chi connectivity index (χ1n) is 4.50. The van der Waals surface area contributed by atoms with Gasteiger partial charge in [-0.2, -0.15) is 5.26 Å². The third kappa shape index (κ3) is 3.21. The fourth-order valence-corrected chi connectivity index (χ4v) is 1.12. The molecule has 1 heterocycles. The quantitative estimate of drug-likeness (QED) is 0.635. The van der Waals surface area contributed by atoms with Crippen LogP contribution in [0, 0.1) is 11.3 Å². The summed E-state index contributed by atoms with van der Waals surface area (Å²) in [6, 6.07) is 5.75. The molecule has 0 bridgehead atoms. The van der Waals surface area contributed by atoms with E-state index >= 15 is 0 Å². The van der Waals surface area contributed by atoms with Crippen molar-refractivity contribution in [3.05, 3.63) is 24.0 Å². The first-order chi connectivity index (χ1) is 6.88. The van der Waals surface area contributed by atoms with Crippen molar-refractivity contribution in [2.24, 2.45) is 0 Å². The normalized spacial score (nSPS) is 10.0. The van der Waals surface area contributed by atoms with Gasteiger partial charge in [-0.1, -0.05) is 0 Å². The monoisotopic (exact) mass is 194 g/mol. The molecule has 0 amide bonds. The number of hydrogen-bond acceptors (Lipinski definition) is 3. The molecule has 0 aromatic carbocycles. The van der Waals surface area contributed by atoms with Gasteiger partial charge in [-0.25, -0.2) is 0 Å². The van der Waals surface area contributed by atoms with Crippen LogP contribution in [0.4, 0.5) is 0 Å². The lowest BCUT2D eigenvalue weighted by molar-refractivity contribution is 0.0666. The van der Waals surface area contributed by atoms with Gasteiger partial charge in [0.15, 0.2) is 0 Å². The first kappa shape index (κ1) is 10.8. The van der Waals surface area contributed by atoms with Crippen LogP contribution in [-0.4, -0.2) is 31.5 Å². The summed E-state index contributed by atoms with van der Waals surface area (Å²) in [7, 11) is 1.64. The number of aromatic nitrogens is 1. The van der Waals surface area contributed by atoms with E-state index in [1.165, 1.54) is 0 Å². The molecule has 0 N–H and O–H groups in total. The molecule has 0 saturated carbocycles. The standard InChI is InChI=1S/C10H14N2O2/c1-13-7-8-14-6-5-12-4-2-3-10(12)9-11/h2-4H,5-8H2,1H3. The smallest absolute Gasteiger partial charge is 0.120 e. The zero-order chi connectivity index (χ0) is 10.2. The Morgan fingerprint density at radius 1 is 1.43 bits per heavy atom. The van der Waals surface area contributed by atoms with Gasteiger partial charge in [0, 0.05) is 19.9 Å². The van der Waals surface area contributed by atoms with Gasteiger partial charge < -0.3 is 14.0 Å². The maximum atomic E-state index is 8.72. The Morgan fingerprint density at radius 3 is 3.00 bits per heavy atom. The largest absolute Gasteiger partial charge is 0.382 e. The molecule has 1 aromatic rings. The van der Waals surface area contributed by atoms with Crippen molar-refractivity contribution in [2.75, 3.05) is 26.9 Å². The Bertz CT molecular complexity index is 301. The molecule has 4 nitrogen and oxygen atoms in total. The molecule has 1 aromatic heterocycles. The highest BCUT2D eigenvalue weighted by molar-refractivity contribution is 5.21. The van der Waals surface area contributed by atoms with Crippen molar-refractivity contribution >= 4 is 0 Å². The minimum absolute atomic E-state index is 0.597. The molecular formula is C10H14N2O2. The second-order valence-electron chi connectivity index (χ2n) is 2.80. The van der Waals surface area contributed by atoms with Crippen LogP contribution in [0.2, 0.25) is 0 Å². The molecule has 0 aliphatic rings. The highest BCUT2D eigenvalue weighted by Crippen LogP contribution is 1.99. The van der Waals surface area contributed by atoms with Crippen molar-refractivity contribution in [1.29, 1.82) is 5.26 Å². The van der Waals surface area contributed by atoms with Crippen LogP contribution in [-0.2, 0) is 16.0 Å². The Labute approximate surface area is 83.7 Å². The van der Waals surface area contributed by atoms with Crippen LogP contribution in [0.3, 0.4) is 0 Å². The average Bonchev–Trinajstić information content (AvgIpc) is 2.65. The average molecular weight is 194 g/mol. The van der Waals surface area contributed by atoms with Crippen LogP contribution in [0.1, 0.15) is 5.69 Å². The Hall–Kier alpha value is -1.31. The molecule has 0 atom stereocenters. The van der Waals surface area contributed by atoms with Gasteiger partial charge in [0.05, 0.1) is 19.8 Å². The van der Waals surface area contributed by atoms with E-state index in [4.69, 9.17) is 14.7 Å². The summed E-state index contributed by atoms with van der Waals surface area (Å²) in [6.07, 6.45) is 1.87. The van der Waals surface area contributed by atoms with Crippen LogP contribution >= 0.6 is 0 Å². The molecule has 0 spiro atoms. The summed E-state index contributed by atoms with van der Waals surface area (Å²) < 4.78 is 12.0. The van der Waals surface area contributed by atoms with E-state index in [-0.39, 0.29) is 0 Å². The molecule has 1 rings (SSSR count). The van der Waals surface area contributed by atoms with Crippen LogP contribution in [0.15, 0.2) is 18.3 Å². The van der Waals surface area contributed by atoms with Gasteiger partial charge >= 0.3 is 0 Å². The van der Waals surface area contributed by atoms with Crippen LogP contribution in [0.5, 0.6) is 0 Å². The molecule has 0 saturated heterocycles.